The van der Waals surface area contributed by atoms with E-state index in [4.69, 9.17) is 33.2 Å². The number of halogens is 2. The number of benzene rings is 3. The Hall–Kier alpha value is -3.12. The number of nitrogens with one attached hydrogen (secondary N) is 1. The van der Waals surface area contributed by atoms with Crippen molar-refractivity contribution in [2.75, 3.05) is 25.0 Å². The largest absolute Gasteiger partial charge is 0.367 e. The highest BCUT2D eigenvalue weighted by Gasteiger charge is 2.18. The van der Waals surface area contributed by atoms with Crippen molar-refractivity contribution in [2.24, 2.45) is 0 Å². The molecule has 7 heteroatoms. The van der Waals surface area contributed by atoms with Crippen LogP contribution in [0.4, 0.5) is 5.82 Å². The van der Waals surface area contributed by atoms with Crippen LogP contribution in [0.15, 0.2) is 72.9 Å². The van der Waals surface area contributed by atoms with Crippen LogP contribution >= 0.6 is 23.2 Å². The molecule has 1 atom stereocenters. The van der Waals surface area contributed by atoms with Gasteiger partial charge in [-0.2, -0.15) is 0 Å². The molecule has 0 radical (unpaired) electrons. The molecule has 0 aliphatic rings. The molecule has 0 amide bonds. The highest BCUT2D eigenvalue weighted by atomic mass is 35.5. The third kappa shape index (κ3) is 6.22. The van der Waals surface area contributed by atoms with Crippen molar-refractivity contribution in [3.05, 3.63) is 88.5 Å². The zero-order chi connectivity index (χ0) is 27.4. The molecule has 0 aliphatic heterocycles. The molecule has 3 aromatic carbocycles. The summed E-state index contributed by atoms with van der Waals surface area (Å²) in [5.74, 6) is 1.48. The van der Waals surface area contributed by atoms with Crippen LogP contribution in [0.1, 0.15) is 39.2 Å². The van der Waals surface area contributed by atoms with Gasteiger partial charge in [0, 0.05) is 40.1 Å². The summed E-state index contributed by atoms with van der Waals surface area (Å²) in [6.07, 6.45) is 4.30. The summed E-state index contributed by atoms with van der Waals surface area (Å²) >= 11 is 13.1. The monoisotopic (exact) mass is 559 g/mol. The Kier molecular flexibility index (Phi) is 8.71. The van der Waals surface area contributed by atoms with Crippen molar-refractivity contribution < 1.29 is 0 Å². The number of para-hydroxylation sites is 1. The Morgan fingerprint density at radius 2 is 1.72 bits per heavy atom. The fraction of sp³-hybridized carbons (Fsp3) is 0.312. The minimum atomic E-state index is 0.260. The topological polar surface area (TPSA) is 46.0 Å². The fourth-order valence-corrected chi connectivity index (χ4v) is 5.65. The first-order valence-corrected chi connectivity index (χ1v) is 14.5. The Morgan fingerprint density at radius 1 is 0.923 bits per heavy atom. The van der Waals surface area contributed by atoms with Crippen LogP contribution in [0, 0.1) is 0 Å². The SMILES string of the molecule is CCN(CC)CCCC(C)Nc1nc(-c2cn(Cc3ccccc3)c3c(Cl)cccc23)nc2cc(Cl)ccc12. The Bertz CT molecular complexity index is 1560. The lowest BCUT2D eigenvalue weighted by atomic mass is 10.1. The first-order chi connectivity index (χ1) is 19.0. The van der Waals surface area contributed by atoms with Gasteiger partial charge in [-0.3, -0.25) is 0 Å². The maximum atomic E-state index is 6.74. The van der Waals surface area contributed by atoms with E-state index in [9.17, 15) is 0 Å². The van der Waals surface area contributed by atoms with Crippen molar-refractivity contribution in [1.82, 2.24) is 19.4 Å². The second-order valence-electron chi connectivity index (χ2n) is 10.1. The molecule has 39 heavy (non-hydrogen) atoms. The number of hydrogen-bond acceptors (Lipinski definition) is 4. The molecular weight excluding hydrogens is 525 g/mol. The van der Waals surface area contributed by atoms with Gasteiger partial charge in [-0.05, 0) is 69.2 Å². The first-order valence-electron chi connectivity index (χ1n) is 13.7. The van der Waals surface area contributed by atoms with Crippen molar-refractivity contribution >= 4 is 50.8 Å². The standard InChI is InChI=1S/C32H35Cl2N5/c1-4-38(5-2)18-10-11-22(3)35-31-26-17-16-24(33)19-29(26)36-32(37-31)27-21-39(20-23-12-7-6-8-13-23)30-25(27)14-9-15-28(30)34/h6-9,12-17,19,21-22H,4-5,10-11,18,20H2,1-3H3,(H,35,36,37). The summed E-state index contributed by atoms with van der Waals surface area (Å²) in [6, 6.07) is 22.5. The number of rotatable bonds is 11. The molecule has 2 aromatic heterocycles. The summed E-state index contributed by atoms with van der Waals surface area (Å²) in [5.41, 5.74) is 3.94. The fourth-order valence-electron chi connectivity index (χ4n) is 5.20. The van der Waals surface area contributed by atoms with Gasteiger partial charge < -0.3 is 14.8 Å². The van der Waals surface area contributed by atoms with Crippen molar-refractivity contribution in [2.45, 2.75) is 46.2 Å². The summed E-state index contributed by atoms with van der Waals surface area (Å²) in [4.78, 5) is 12.5. The summed E-state index contributed by atoms with van der Waals surface area (Å²) in [5, 5.41) is 7.03. The van der Waals surface area contributed by atoms with Crippen LogP contribution < -0.4 is 5.32 Å². The summed E-state index contributed by atoms with van der Waals surface area (Å²) < 4.78 is 2.19. The Balaban J connectivity index is 1.53. The summed E-state index contributed by atoms with van der Waals surface area (Å²) in [6.45, 7) is 10.6. The van der Waals surface area contributed by atoms with E-state index in [1.165, 1.54) is 5.56 Å². The molecule has 0 aliphatic carbocycles. The van der Waals surface area contributed by atoms with E-state index in [0.717, 1.165) is 65.7 Å². The van der Waals surface area contributed by atoms with Crippen molar-refractivity contribution in [3.8, 4) is 11.4 Å². The van der Waals surface area contributed by atoms with Gasteiger partial charge in [0.05, 0.1) is 16.1 Å². The highest BCUT2D eigenvalue weighted by Crippen LogP contribution is 2.35. The normalized spacial score (nSPS) is 12.5. The van der Waals surface area contributed by atoms with Gasteiger partial charge in [-0.1, -0.05) is 79.5 Å². The molecule has 2 heterocycles. The van der Waals surface area contributed by atoms with E-state index in [0.29, 0.717) is 22.4 Å². The zero-order valence-electron chi connectivity index (χ0n) is 22.8. The third-order valence-electron chi connectivity index (χ3n) is 7.33. The first kappa shape index (κ1) is 27.4. The molecule has 0 bridgehead atoms. The van der Waals surface area contributed by atoms with Crippen LogP contribution in [0.25, 0.3) is 33.2 Å². The van der Waals surface area contributed by atoms with Crippen LogP contribution in [0.3, 0.4) is 0 Å². The van der Waals surface area contributed by atoms with Gasteiger partial charge in [-0.15, -0.1) is 0 Å². The minimum Gasteiger partial charge on any atom is -0.367 e. The van der Waals surface area contributed by atoms with Crippen LogP contribution in [0.2, 0.25) is 10.0 Å². The van der Waals surface area contributed by atoms with E-state index in [1.807, 2.05) is 36.4 Å². The second-order valence-corrected chi connectivity index (χ2v) is 10.9. The molecule has 0 saturated heterocycles. The minimum absolute atomic E-state index is 0.260. The molecule has 202 valence electrons. The van der Waals surface area contributed by atoms with Crippen LogP contribution in [0.5, 0.6) is 0 Å². The molecule has 0 spiro atoms. The third-order valence-corrected chi connectivity index (χ3v) is 7.87. The van der Waals surface area contributed by atoms with Crippen molar-refractivity contribution in [3.63, 3.8) is 0 Å². The van der Waals surface area contributed by atoms with E-state index in [-0.39, 0.29) is 6.04 Å². The molecule has 0 fully saturated rings. The number of fused-ring (bicyclic) bond motifs is 2. The molecule has 1 N–H and O–H groups in total. The Labute approximate surface area is 240 Å². The second kappa shape index (κ2) is 12.4. The Morgan fingerprint density at radius 3 is 2.49 bits per heavy atom. The predicted molar refractivity (Wildman–Crippen MR) is 166 cm³/mol. The quantitative estimate of drug-likeness (QED) is 0.176. The van der Waals surface area contributed by atoms with Gasteiger partial charge in [0.15, 0.2) is 5.82 Å². The number of hydrogen-bond donors (Lipinski definition) is 1. The molecular formula is C32H35Cl2N5. The summed E-state index contributed by atoms with van der Waals surface area (Å²) in [7, 11) is 0. The maximum absolute atomic E-state index is 6.74. The number of aromatic nitrogens is 3. The molecule has 5 nitrogen and oxygen atoms in total. The van der Waals surface area contributed by atoms with Crippen LogP contribution in [-0.2, 0) is 6.54 Å². The molecule has 1 unspecified atom stereocenters. The number of anilines is 1. The average Bonchev–Trinajstić information content (AvgIpc) is 3.30. The predicted octanol–water partition coefficient (Wildman–Crippen LogP) is 8.53. The zero-order valence-corrected chi connectivity index (χ0v) is 24.3. The van der Waals surface area contributed by atoms with Gasteiger partial charge in [0.2, 0.25) is 0 Å². The molecule has 5 rings (SSSR count). The van der Waals surface area contributed by atoms with Gasteiger partial charge in [0.25, 0.3) is 0 Å². The number of nitrogens with zero attached hydrogens (tertiary/aromatic N) is 4. The van der Waals surface area contributed by atoms with Crippen LogP contribution in [-0.4, -0.2) is 45.1 Å². The molecule has 0 saturated carbocycles. The lowest BCUT2D eigenvalue weighted by Crippen LogP contribution is -2.25. The average molecular weight is 561 g/mol. The highest BCUT2D eigenvalue weighted by molar-refractivity contribution is 6.35. The van der Waals surface area contributed by atoms with E-state index in [2.05, 4.69) is 72.1 Å². The maximum Gasteiger partial charge on any atom is 0.164 e. The van der Waals surface area contributed by atoms with Crippen molar-refractivity contribution in [1.29, 1.82) is 0 Å². The smallest absolute Gasteiger partial charge is 0.164 e. The lowest BCUT2D eigenvalue weighted by Gasteiger charge is -2.20. The van der Waals surface area contributed by atoms with E-state index >= 15 is 0 Å². The van der Waals surface area contributed by atoms with E-state index < -0.39 is 0 Å². The van der Waals surface area contributed by atoms with E-state index in [1.54, 1.807) is 0 Å². The van der Waals surface area contributed by atoms with Gasteiger partial charge >= 0.3 is 0 Å². The van der Waals surface area contributed by atoms with Gasteiger partial charge in [0.1, 0.15) is 5.82 Å². The lowest BCUT2D eigenvalue weighted by molar-refractivity contribution is 0.295. The van der Waals surface area contributed by atoms with Gasteiger partial charge in [-0.25, -0.2) is 9.97 Å². The molecule has 5 aromatic rings.